The Morgan fingerprint density at radius 3 is 2.09 bits per heavy atom. The molecule has 23 heavy (non-hydrogen) atoms. The van der Waals surface area contributed by atoms with Crippen LogP contribution in [0.3, 0.4) is 0 Å². The maximum atomic E-state index is 12.4. The zero-order valence-electron chi connectivity index (χ0n) is 12.4. The maximum Gasteiger partial charge on any atom is 0.223 e. The molecule has 3 aromatic rings. The molecule has 2 aromatic carbocycles. The van der Waals surface area contributed by atoms with Crippen molar-refractivity contribution in [1.29, 1.82) is 0 Å². The zero-order valence-corrected chi connectivity index (χ0v) is 13.2. The van der Waals surface area contributed by atoms with Gasteiger partial charge < -0.3 is 5.32 Å². The monoisotopic (exact) mass is 324 g/mol. The standard InChI is InChI=1S/C18H16N2O2S/c21-23(22,17-9-5-2-6-10-17)18-12-11-16(14-20-18)19-13-15-7-3-1-4-8-15/h1-12,14,19H,13H2. The lowest BCUT2D eigenvalue weighted by Gasteiger charge is -2.08. The molecule has 0 bridgehead atoms. The lowest BCUT2D eigenvalue weighted by atomic mass is 10.2. The Hall–Kier alpha value is -2.66. The van der Waals surface area contributed by atoms with E-state index >= 15 is 0 Å². The number of aromatic nitrogens is 1. The van der Waals surface area contributed by atoms with E-state index < -0.39 is 9.84 Å². The van der Waals surface area contributed by atoms with Gasteiger partial charge in [-0.2, -0.15) is 0 Å². The molecular weight excluding hydrogens is 308 g/mol. The molecule has 0 aliphatic heterocycles. The third-order valence-corrected chi connectivity index (χ3v) is 5.09. The molecule has 3 rings (SSSR count). The number of hydrogen-bond donors (Lipinski definition) is 1. The molecule has 0 fully saturated rings. The van der Waals surface area contributed by atoms with E-state index in [9.17, 15) is 8.42 Å². The molecule has 1 aromatic heterocycles. The summed E-state index contributed by atoms with van der Waals surface area (Å²) in [5, 5.41) is 3.27. The highest BCUT2D eigenvalue weighted by Gasteiger charge is 2.18. The van der Waals surface area contributed by atoms with Crippen molar-refractivity contribution in [3.05, 3.63) is 84.6 Å². The number of hydrogen-bond acceptors (Lipinski definition) is 4. The van der Waals surface area contributed by atoms with Crippen LogP contribution < -0.4 is 5.32 Å². The summed E-state index contributed by atoms with van der Waals surface area (Å²) in [7, 11) is -3.56. The minimum absolute atomic E-state index is 0.0500. The summed E-state index contributed by atoms with van der Waals surface area (Å²) in [5.74, 6) is 0. The number of nitrogens with zero attached hydrogens (tertiary/aromatic N) is 1. The normalized spacial score (nSPS) is 11.1. The lowest BCUT2D eigenvalue weighted by Crippen LogP contribution is -2.05. The first-order valence-corrected chi connectivity index (χ1v) is 8.68. The van der Waals surface area contributed by atoms with E-state index in [4.69, 9.17) is 0 Å². The van der Waals surface area contributed by atoms with Crippen LogP contribution >= 0.6 is 0 Å². The fourth-order valence-electron chi connectivity index (χ4n) is 2.16. The second-order valence-corrected chi connectivity index (χ2v) is 6.94. The average molecular weight is 324 g/mol. The molecule has 0 aliphatic rings. The number of pyridine rings is 1. The van der Waals surface area contributed by atoms with Gasteiger partial charge in [0.05, 0.1) is 16.8 Å². The number of rotatable bonds is 5. The van der Waals surface area contributed by atoms with Crippen molar-refractivity contribution in [3.63, 3.8) is 0 Å². The van der Waals surface area contributed by atoms with Crippen LogP contribution in [0.15, 0.2) is 88.9 Å². The van der Waals surface area contributed by atoms with Gasteiger partial charge in [-0.1, -0.05) is 48.5 Å². The van der Waals surface area contributed by atoms with Gasteiger partial charge in [-0.25, -0.2) is 13.4 Å². The van der Waals surface area contributed by atoms with Crippen molar-refractivity contribution in [1.82, 2.24) is 4.98 Å². The molecule has 0 aliphatic carbocycles. The van der Waals surface area contributed by atoms with Crippen LogP contribution in [0.5, 0.6) is 0 Å². The van der Waals surface area contributed by atoms with Gasteiger partial charge >= 0.3 is 0 Å². The van der Waals surface area contributed by atoms with Crippen molar-refractivity contribution in [2.75, 3.05) is 5.32 Å². The molecule has 4 nitrogen and oxygen atoms in total. The van der Waals surface area contributed by atoms with E-state index in [0.29, 0.717) is 6.54 Å². The molecule has 1 heterocycles. The first kappa shape index (κ1) is 15.2. The minimum atomic E-state index is -3.56. The predicted molar refractivity (Wildman–Crippen MR) is 89.9 cm³/mol. The summed E-state index contributed by atoms with van der Waals surface area (Å²) in [6, 6.07) is 21.5. The van der Waals surface area contributed by atoms with Crippen LogP contribution in [-0.2, 0) is 16.4 Å². The molecule has 5 heteroatoms. The molecule has 116 valence electrons. The number of nitrogens with one attached hydrogen (secondary N) is 1. The largest absolute Gasteiger partial charge is 0.380 e. The Balaban J connectivity index is 1.75. The van der Waals surface area contributed by atoms with Gasteiger partial charge in [-0.15, -0.1) is 0 Å². The van der Waals surface area contributed by atoms with Crippen molar-refractivity contribution >= 4 is 15.5 Å². The summed E-state index contributed by atoms with van der Waals surface area (Å²) < 4.78 is 24.9. The lowest BCUT2D eigenvalue weighted by molar-refractivity contribution is 0.592. The van der Waals surface area contributed by atoms with Crippen LogP contribution in [0.25, 0.3) is 0 Å². The smallest absolute Gasteiger partial charge is 0.223 e. The van der Waals surface area contributed by atoms with Crippen molar-refractivity contribution in [2.24, 2.45) is 0 Å². The highest BCUT2D eigenvalue weighted by molar-refractivity contribution is 7.91. The summed E-state index contributed by atoms with van der Waals surface area (Å²) >= 11 is 0. The first-order valence-electron chi connectivity index (χ1n) is 7.20. The molecule has 0 atom stereocenters. The molecule has 0 spiro atoms. The third kappa shape index (κ3) is 3.57. The molecular formula is C18H16N2O2S. The van der Waals surface area contributed by atoms with Gasteiger partial charge in [0.25, 0.3) is 0 Å². The van der Waals surface area contributed by atoms with Crippen molar-refractivity contribution in [3.8, 4) is 0 Å². The molecule has 0 saturated heterocycles. The average Bonchev–Trinajstić information content (AvgIpc) is 2.62. The SMILES string of the molecule is O=S(=O)(c1ccccc1)c1ccc(NCc2ccccc2)cn1. The van der Waals surface area contributed by atoms with Gasteiger partial charge in [0.15, 0.2) is 5.03 Å². The van der Waals surface area contributed by atoms with Crippen LogP contribution in [0.4, 0.5) is 5.69 Å². The summed E-state index contributed by atoms with van der Waals surface area (Å²) in [4.78, 5) is 4.34. The van der Waals surface area contributed by atoms with Crippen LogP contribution in [0, 0.1) is 0 Å². The Kier molecular flexibility index (Phi) is 4.39. The highest BCUT2D eigenvalue weighted by atomic mass is 32.2. The second-order valence-electron chi connectivity index (χ2n) is 5.04. The van der Waals surface area contributed by atoms with Crippen molar-refractivity contribution in [2.45, 2.75) is 16.5 Å². The van der Waals surface area contributed by atoms with Gasteiger partial charge in [-0.05, 0) is 29.8 Å². The highest BCUT2D eigenvalue weighted by Crippen LogP contribution is 2.19. The maximum absolute atomic E-state index is 12.4. The number of benzene rings is 2. The molecule has 0 unspecified atom stereocenters. The minimum Gasteiger partial charge on any atom is -0.380 e. The first-order chi connectivity index (χ1) is 11.2. The molecule has 0 radical (unpaired) electrons. The predicted octanol–water partition coefficient (Wildman–Crippen LogP) is 3.53. The van der Waals surface area contributed by atoms with E-state index in [-0.39, 0.29) is 9.92 Å². The van der Waals surface area contributed by atoms with Gasteiger partial charge in [0, 0.05) is 6.54 Å². The topological polar surface area (TPSA) is 59.1 Å². The summed E-state index contributed by atoms with van der Waals surface area (Å²) in [6.45, 7) is 0.660. The molecule has 0 saturated carbocycles. The van der Waals surface area contributed by atoms with Gasteiger partial charge in [0.2, 0.25) is 9.84 Å². The molecule has 0 amide bonds. The van der Waals surface area contributed by atoms with Gasteiger partial charge in [0.1, 0.15) is 0 Å². The third-order valence-electron chi connectivity index (χ3n) is 3.40. The Morgan fingerprint density at radius 1 is 0.826 bits per heavy atom. The fraction of sp³-hybridized carbons (Fsp3) is 0.0556. The van der Waals surface area contributed by atoms with E-state index in [1.165, 1.54) is 6.07 Å². The van der Waals surface area contributed by atoms with Gasteiger partial charge in [-0.3, -0.25) is 0 Å². The van der Waals surface area contributed by atoms with Crippen molar-refractivity contribution < 1.29 is 8.42 Å². The fourth-order valence-corrected chi connectivity index (χ4v) is 3.36. The van der Waals surface area contributed by atoms with E-state index in [2.05, 4.69) is 10.3 Å². The van der Waals surface area contributed by atoms with Crippen LogP contribution in [0.1, 0.15) is 5.56 Å². The van der Waals surface area contributed by atoms with E-state index in [1.807, 2.05) is 30.3 Å². The quantitative estimate of drug-likeness (QED) is 0.780. The van der Waals surface area contributed by atoms with Crippen LogP contribution in [0.2, 0.25) is 0 Å². The summed E-state index contributed by atoms with van der Waals surface area (Å²) in [6.07, 6.45) is 1.54. The molecule has 1 N–H and O–H groups in total. The number of anilines is 1. The van der Waals surface area contributed by atoms with E-state index in [0.717, 1.165) is 11.3 Å². The summed E-state index contributed by atoms with van der Waals surface area (Å²) in [5.41, 5.74) is 1.93. The zero-order chi connectivity index (χ0) is 16.1. The number of sulfone groups is 1. The Morgan fingerprint density at radius 2 is 1.48 bits per heavy atom. The van der Waals surface area contributed by atoms with E-state index in [1.54, 1.807) is 42.6 Å². The second kappa shape index (κ2) is 6.62. The van der Waals surface area contributed by atoms with Crippen LogP contribution in [-0.4, -0.2) is 13.4 Å². The Bertz CT molecular complexity index is 862. The Labute approximate surface area is 135 Å².